The number of unbranched alkanes of at least 4 members (excludes halogenated alkanes) is 6. The Morgan fingerprint density at radius 3 is 1.44 bits per heavy atom. The van der Waals surface area contributed by atoms with Gasteiger partial charge in [0.15, 0.2) is 0 Å². The van der Waals surface area contributed by atoms with Gasteiger partial charge in [0.25, 0.3) is 0 Å². The fourth-order valence-electron chi connectivity index (χ4n) is 4.07. The Kier molecular flexibility index (Phi) is 14.8. The van der Waals surface area contributed by atoms with Crippen molar-refractivity contribution < 1.29 is 9.47 Å². The van der Waals surface area contributed by atoms with Crippen molar-refractivity contribution in [2.45, 2.75) is 78.4 Å². The van der Waals surface area contributed by atoms with Crippen molar-refractivity contribution in [3.63, 3.8) is 0 Å². The molecule has 0 aliphatic rings. The highest BCUT2D eigenvalue weighted by molar-refractivity contribution is 5.64. The number of hydrogen-bond acceptors (Lipinski definition) is 4. The minimum absolute atomic E-state index is 0.639. The number of rotatable bonds is 19. The summed E-state index contributed by atoms with van der Waals surface area (Å²) in [5.41, 5.74) is 4.87. The van der Waals surface area contributed by atoms with E-state index < -0.39 is 0 Å². The molecule has 0 heterocycles. The quantitative estimate of drug-likeness (QED) is 0.159. The van der Waals surface area contributed by atoms with Crippen molar-refractivity contribution in [3.8, 4) is 11.1 Å². The summed E-state index contributed by atoms with van der Waals surface area (Å²) in [4.78, 5) is 4.54. The normalized spacial score (nSPS) is 11.6. The van der Waals surface area contributed by atoms with Crippen LogP contribution in [0.15, 0.2) is 48.5 Å². The maximum Gasteiger partial charge on any atom is 0.0992 e. The molecule has 0 aliphatic carbocycles. The van der Waals surface area contributed by atoms with Gasteiger partial charge in [-0.3, -0.25) is 9.80 Å². The summed E-state index contributed by atoms with van der Waals surface area (Å²) < 4.78 is 11.9. The Hall–Kier alpha value is -1.72. The van der Waals surface area contributed by atoms with Gasteiger partial charge in [-0.2, -0.15) is 0 Å². The van der Waals surface area contributed by atoms with Crippen LogP contribution < -0.4 is 0 Å². The second-order valence-corrected chi connectivity index (χ2v) is 9.64. The van der Waals surface area contributed by atoms with Crippen LogP contribution >= 0.6 is 0 Å². The molecule has 0 fully saturated rings. The summed E-state index contributed by atoms with van der Waals surface area (Å²) in [6.07, 6.45) is 10.3. The molecule has 4 heteroatoms. The topological polar surface area (TPSA) is 24.9 Å². The molecular weight excluding hydrogens is 420 g/mol. The van der Waals surface area contributed by atoms with E-state index >= 15 is 0 Å². The fraction of sp³-hybridized carbons (Fsp3) is 0.600. The lowest BCUT2D eigenvalue weighted by Crippen LogP contribution is -2.22. The highest BCUT2D eigenvalue weighted by atomic mass is 16.5. The number of ether oxygens (including phenoxy) is 2. The van der Waals surface area contributed by atoms with Crippen LogP contribution in [0.3, 0.4) is 0 Å². The smallest absolute Gasteiger partial charge is 0.0992 e. The van der Waals surface area contributed by atoms with Gasteiger partial charge in [-0.1, -0.05) is 88.8 Å². The van der Waals surface area contributed by atoms with Crippen LogP contribution in [-0.2, 0) is 22.7 Å². The number of nitrogens with zero attached hydrogens (tertiary/aromatic N) is 2. The monoisotopic (exact) mass is 468 g/mol. The lowest BCUT2D eigenvalue weighted by molar-refractivity contribution is 0.0315. The van der Waals surface area contributed by atoms with Crippen molar-refractivity contribution in [1.82, 2.24) is 9.80 Å². The van der Waals surface area contributed by atoms with Crippen molar-refractivity contribution in [2.24, 2.45) is 0 Å². The van der Waals surface area contributed by atoms with Crippen LogP contribution in [0.4, 0.5) is 0 Å². The molecule has 0 atom stereocenters. The first-order chi connectivity index (χ1) is 16.6. The number of hydrogen-bond donors (Lipinski definition) is 0. The molecule has 0 N–H and O–H groups in total. The van der Waals surface area contributed by atoms with E-state index in [0.717, 1.165) is 13.1 Å². The predicted molar refractivity (Wildman–Crippen MR) is 145 cm³/mol. The van der Waals surface area contributed by atoms with Crippen LogP contribution in [-0.4, -0.2) is 50.4 Å². The molecule has 0 amide bonds. The Morgan fingerprint density at radius 2 is 1.03 bits per heavy atom. The van der Waals surface area contributed by atoms with E-state index in [0.29, 0.717) is 26.7 Å². The average Bonchev–Trinajstić information content (AvgIpc) is 2.85. The van der Waals surface area contributed by atoms with E-state index in [4.69, 9.17) is 9.47 Å². The summed E-state index contributed by atoms with van der Waals surface area (Å²) >= 11 is 0. The van der Waals surface area contributed by atoms with E-state index in [-0.39, 0.29) is 0 Å². The third kappa shape index (κ3) is 12.1. The van der Waals surface area contributed by atoms with E-state index in [2.05, 4.69) is 86.3 Å². The van der Waals surface area contributed by atoms with Gasteiger partial charge in [0.1, 0.15) is 0 Å². The minimum atomic E-state index is 0.639. The summed E-state index contributed by atoms with van der Waals surface area (Å²) in [6, 6.07) is 17.4. The second kappa shape index (κ2) is 17.7. The molecule has 2 aromatic carbocycles. The summed E-state index contributed by atoms with van der Waals surface area (Å²) in [7, 11) is 4.28. The molecule has 34 heavy (non-hydrogen) atoms. The molecule has 0 saturated heterocycles. The molecule has 0 spiro atoms. The molecule has 0 bridgehead atoms. The standard InChI is InChI=1S/C30H48N2O2/c1-5-7-9-11-19-31(3)25-33-23-27-15-13-17-29(21-27)30-18-14-16-28(22-30)24-34-26-32(4)20-12-10-8-6-2/h13-18,21-22H,5-12,19-20,23-26H2,1-4H3. The molecule has 0 radical (unpaired) electrons. The lowest BCUT2D eigenvalue weighted by Gasteiger charge is -2.17. The predicted octanol–water partition coefficient (Wildman–Crippen LogP) is 7.33. The van der Waals surface area contributed by atoms with Gasteiger partial charge < -0.3 is 9.47 Å². The zero-order valence-electron chi connectivity index (χ0n) is 22.2. The van der Waals surface area contributed by atoms with E-state index in [1.54, 1.807) is 0 Å². The second-order valence-electron chi connectivity index (χ2n) is 9.64. The molecular formula is C30H48N2O2. The van der Waals surface area contributed by atoms with Crippen molar-refractivity contribution in [3.05, 3.63) is 59.7 Å². The third-order valence-electron chi connectivity index (χ3n) is 6.13. The Balaban J connectivity index is 1.77. The van der Waals surface area contributed by atoms with Gasteiger partial charge in [0.2, 0.25) is 0 Å². The first-order valence-corrected chi connectivity index (χ1v) is 13.3. The zero-order valence-corrected chi connectivity index (χ0v) is 22.2. The molecule has 0 aromatic heterocycles. The van der Waals surface area contributed by atoms with Gasteiger partial charge in [0, 0.05) is 0 Å². The highest BCUT2D eigenvalue weighted by Crippen LogP contribution is 2.22. The van der Waals surface area contributed by atoms with Crippen molar-refractivity contribution in [1.29, 1.82) is 0 Å². The number of benzene rings is 2. The largest absolute Gasteiger partial charge is 0.361 e. The van der Waals surface area contributed by atoms with Crippen LogP contribution in [0.25, 0.3) is 11.1 Å². The lowest BCUT2D eigenvalue weighted by atomic mass is 10.0. The van der Waals surface area contributed by atoms with Gasteiger partial charge in [-0.15, -0.1) is 0 Å². The van der Waals surface area contributed by atoms with Gasteiger partial charge in [-0.05, 0) is 74.4 Å². The van der Waals surface area contributed by atoms with Crippen molar-refractivity contribution in [2.75, 3.05) is 40.6 Å². The Labute approximate surface area is 209 Å². The molecule has 2 rings (SSSR count). The maximum atomic E-state index is 5.97. The molecule has 2 aromatic rings. The molecule has 0 saturated carbocycles. The highest BCUT2D eigenvalue weighted by Gasteiger charge is 2.04. The fourth-order valence-corrected chi connectivity index (χ4v) is 4.07. The Bertz CT molecular complexity index is 714. The summed E-state index contributed by atoms with van der Waals surface area (Å²) in [6.45, 7) is 9.34. The minimum Gasteiger partial charge on any atom is -0.361 e. The van der Waals surface area contributed by atoms with Gasteiger partial charge in [0.05, 0.1) is 26.7 Å². The first-order valence-electron chi connectivity index (χ1n) is 13.3. The Morgan fingerprint density at radius 1 is 0.588 bits per heavy atom. The van der Waals surface area contributed by atoms with Gasteiger partial charge in [-0.25, -0.2) is 0 Å². The van der Waals surface area contributed by atoms with Crippen LogP contribution in [0.5, 0.6) is 0 Å². The van der Waals surface area contributed by atoms with E-state index in [1.165, 1.54) is 73.6 Å². The molecule has 4 nitrogen and oxygen atoms in total. The first kappa shape index (κ1) is 28.5. The van der Waals surface area contributed by atoms with E-state index in [1.807, 2.05) is 0 Å². The molecule has 190 valence electrons. The SMILES string of the molecule is CCCCCCN(C)COCc1cccc(-c2cccc(COCN(C)CCCCCC)c2)c1. The summed E-state index contributed by atoms with van der Waals surface area (Å²) in [5, 5.41) is 0. The maximum absolute atomic E-state index is 5.97. The van der Waals surface area contributed by atoms with Crippen molar-refractivity contribution >= 4 is 0 Å². The van der Waals surface area contributed by atoms with E-state index in [9.17, 15) is 0 Å². The molecule has 0 unspecified atom stereocenters. The van der Waals surface area contributed by atoms with Crippen LogP contribution in [0.2, 0.25) is 0 Å². The van der Waals surface area contributed by atoms with Gasteiger partial charge >= 0.3 is 0 Å². The molecule has 0 aliphatic heterocycles. The van der Waals surface area contributed by atoms with Crippen LogP contribution in [0, 0.1) is 0 Å². The zero-order chi connectivity index (χ0) is 24.4. The average molecular weight is 469 g/mol. The third-order valence-corrected chi connectivity index (χ3v) is 6.13. The summed E-state index contributed by atoms with van der Waals surface area (Å²) in [5.74, 6) is 0. The van der Waals surface area contributed by atoms with Crippen LogP contribution in [0.1, 0.15) is 76.3 Å².